The van der Waals surface area contributed by atoms with Crippen LogP contribution in [0.25, 0.3) is 21.9 Å². The predicted molar refractivity (Wildman–Crippen MR) is 105 cm³/mol. The van der Waals surface area contributed by atoms with Crippen LogP contribution >= 0.6 is 0 Å². The third kappa shape index (κ3) is 2.78. The highest BCUT2D eigenvalue weighted by Crippen LogP contribution is 2.32. The molecule has 0 bridgehead atoms. The lowest BCUT2D eigenvalue weighted by molar-refractivity contribution is 0.0831. The molecule has 5 rings (SSSR count). The molecule has 0 amide bonds. The van der Waals surface area contributed by atoms with Crippen LogP contribution < -0.4 is 10.5 Å². The van der Waals surface area contributed by atoms with E-state index in [2.05, 4.69) is 39.7 Å². The zero-order valence-electron chi connectivity index (χ0n) is 15.1. The lowest BCUT2D eigenvalue weighted by Crippen LogP contribution is -2.16. The monoisotopic (exact) mass is 360 g/mol. The van der Waals surface area contributed by atoms with Crippen molar-refractivity contribution in [2.45, 2.75) is 26.7 Å². The van der Waals surface area contributed by atoms with Gasteiger partial charge in [-0.15, -0.1) is 0 Å². The number of nitrogens with two attached hydrogens (primary N) is 1. The van der Waals surface area contributed by atoms with E-state index in [4.69, 9.17) is 15.2 Å². The molecule has 2 aromatic carbocycles. The molecule has 6 nitrogen and oxygen atoms in total. The predicted octanol–water partition coefficient (Wildman–Crippen LogP) is 3.58. The van der Waals surface area contributed by atoms with Crippen molar-refractivity contribution in [3.8, 4) is 5.75 Å². The van der Waals surface area contributed by atoms with Gasteiger partial charge in [0.05, 0.1) is 17.6 Å². The summed E-state index contributed by atoms with van der Waals surface area (Å²) < 4.78 is 13.7. The van der Waals surface area contributed by atoms with Crippen LogP contribution in [0.3, 0.4) is 0 Å². The van der Waals surface area contributed by atoms with E-state index in [9.17, 15) is 0 Å². The Bertz CT molecular complexity index is 1170. The standard InChI is InChI=1S/C21H20N4O2/c1-13-3-2-4-14(9-13)11-27-15-5-6-16-17(10-15)23-21(22)19-20(16)25-7-8-26-12-18(25)24-19/h2-6,9-10H,7-8,11-12H2,1H3,(H2,22,23). The number of hydrogen-bond acceptors (Lipinski definition) is 5. The molecular formula is C21H20N4O2. The van der Waals surface area contributed by atoms with Gasteiger partial charge >= 0.3 is 0 Å². The first-order valence-electron chi connectivity index (χ1n) is 9.03. The molecule has 4 aromatic rings. The molecular weight excluding hydrogens is 340 g/mol. The molecule has 0 aliphatic carbocycles. The summed E-state index contributed by atoms with van der Waals surface area (Å²) in [4.78, 5) is 9.19. The van der Waals surface area contributed by atoms with E-state index < -0.39 is 0 Å². The molecule has 0 atom stereocenters. The SMILES string of the molecule is Cc1cccc(COc2ccc3c(c2)nc(N)c2nc4n(c23)CCOC4)c1. The summed E-state index contributed by atoms with van der Waals surface area (Å²) in [7, 11) is 0. The smallest absolute Gasteiger partial charge is 0.152 e. The summed E-state index contributed by atoms with van der Waals surface area (Å²) >= 11 is 0. The average Bonchev–Trinajstić information content (AvgIpc) is 3.07. The van der Waals surface area contributed by atoms with E-state index in [1.807, 2.05) is 24.3 Å². The number of imidazole rings is 1. The number of benzene rings is 2. The highest BCUT2D eigenvalue weighted by molar-refractivity contribution is 6.06. The molecule has 1 aliphatic rings. The third-order valence-corrected chi connectivity index (χ3v) is 4.93. The van der Waals surface area contributed by atoms with Crippen LogP contribution in [-0.2, 0) is 24.5 Å². The minimum Gasteiger partial charge on any atom is -0.489 e. The van der Waals surface area contributed by atoms with Crippen molar-refractivity contribution < 1.29 is 9.47 Å². The molecule has 3 heterocycles. The molecule has 136 valence electrons. The number of pyridine rings is 1. The quantitative estimate of drug-likeness (QED) is 0.604. The number of rotatable bonds is 3. The lowest BCUT2D eigenvalue weighted by atomic mass is 10.1. The van der Waals surface area contributed by atoms with Gasteiger partial charge in [-0.3, -0.25) is 0 Å². The molecule has 0 unspecified atom stereocenters. The maximum Gasteiger partial charge on any atom is 0.152 e. The summed E-state index contributed by atoms with van der Waals surface area (Å²) in [5, 5.41) is 1.03. The summed E-state index contributed by atoms with van der Waals surface area (Å²) in [5.41, 5.74) is 11.2. The number of fused-ring (bicyclic) bond motifs is 5. The van der Waals surface area contributed by atoms with Gasteiger partial charge in [-0.05, 0) is 24.6 Å². The Balaban J connectivity index is 1.54. The molecule has 2 N–H and O–H groups in total. The van der Waals surface area contributed by atoms with Gasteiger partial charge in [-0.1, -0.05) is 29.8 Å². The minimum absolute atomic E-state index is 0.440. The highest BCUT2D eigenvalue weighted by Gasteiger charge is 2.20. The Hall–Kier alpha value is -3.12. The van der Waals surface area contributed by atoms with Crippen molar-refractivity contribution >= 4 is 27.8 Å². The second-order valence-electron chi connectivity index (χ2n) is 6.88. The Morgan fingerprint density at radius 2 is 2.11 bits per heavy atom. The van der Waals surface area contributed by atoms with Crippen molar-refractivity contribution in [3.63, 3.8) is 0 Å². The van der Waals surface area contributed by atoms with Crippen molar-refractivity contribution in [1.82, 2.24) is 14.5 Å². The van der Waals surface area contributed by atoms with E-state index >= 15 is 0 Å². The fourth-order valence-electron chi connectivity index (χ4n) is 3.67. The van der Waals surface area contributed by atoms with Crippen molar-refractivity contribution in [2.75, 3.05) is 12.3 Å². The van der Waals surface area contributed by atoms with Crippen LogP contribution in [0.4, 0.5) is 5.82 Å². The Morgan fingerprint density at radius 1 is 1.19 bits per heavy atom. The van der Waals surface area contributed by atoms with E-state index in [-0.39, 0.29) is 0 Å². The Kier molecular flexibility index (Phi) is 3.72. The largest absolute Gasteiger partial charge is 0.489 e. The summed E-state index contributed by atoms with van der Waals surface area (Å²) in [6, 6.07) is 14.3. The van der Waals surface area contributed by atoms with E-state index in [0.717, 1.165) is 45.6 Å². The second-order valence-corrected chi connectivity index (χ2v) is 6.88. The third-order valence-electron chi connectivity index (χ3n) is 4.93. The van der Waals surface area contributed by atoms with Gasteiger partial charge in [-0.2, -0.15) is 0 Å². The van der Waals surface area contributed by atoms with Gasteiger partial charge < -0.3 is 19.8 Å². The van der Waals surface area contributed by atoms with Gasteiger partial charge in [-0.25, -0.2) is 9.97 Å². The molecule has 27 heavy (non-hydrogen) atoms. The normalized spacial score (nSPS) is 13.8. The van der Waals surface area contributed by atoms with Gasteiger partial charge in [0.2, 0.25) is 0 Å². The van der Waals surface area contributed by atoms with E-state index in [1.165, 1.54) is 5.56 Å². The number of ether oxygens (including phenoxy) is 2. The second kappa shape index (κ2) is 6.25. The van der Waals surface area contributed by atoms with Gasteiger partial charge in [0.15, 0.2) is 5.82 Å². The number of hydrogen-bond donors (Lipinski definition) is 1. The molecule has 0 radical (unpaired) electrons. The molecule has 6 heteroatoms. The maximum atomic E-state index is 6.20. The van der Waals surface area contributed by atoms with Crippen molar-refractivity contribution in [1.29, 1.82) is 0 Å². The Morgan fingerprint density at radius 3 is 3.00 bits per heavy atom. The zero-order valence-corrected chi connectivity index (χ0v) is 15.1. The molecule has 0 saturated carbocycles. The molecule has 0 fully saturated rings. The van der Waals surface area contributed by atoms with Crippen LogP contribution in [0.15, 0.2) is 42.5 Å². The summed E-state index contributed by atoms with van der Waals surface area (Å²) in [6.07, 6.45) is 0. The number of aryl methyl sites for hydroxylation is 1. The lowest BCUT2D eigenvalue weighted by Gasteiger charge is -2.15. The average molecular weight is 360 g/mol. The van der Waals surface area contributed by atoms with Crippen LogP contribution in [-0.4, -0.2) is 21.1 Å². The summed E-state index contributed by atoms with van der Waals surface area (Å²) in [5.74, 6) is 2.12. The minimum atomic E-state index is 0.440. The van der Waals surface area contributed by atoms with Crippen LogP contribution in [0.1, 0.15) is 17.0 Å². The fourth-order valence-corrected chi connectivity index (χ4v) is 3.67. The van der Waals surface area contributed by atoms with E-state index in [1.54, 1.807) is 0 Å². The molecule has 1 aliphatic heterocycles. The van der Waals surface area contributed by atoms with Crippen molar-refractivity contribution in [2.24, 2.45) is 0 Å². The van der Waals surface area contributed by atoms with Crippen LogP contribution in [0.2, 0.25) is 0 Å². The number of nitrogens with zero attached hydrogens (tertiary/aromatic N) is 3. The zero-order chi connectivity index (χ0) is 18.4. The van der Waals surface area contributed by atoms with Crippen molar-refractivity contribution in [3.05, 3.63) is 59.4 Å². The van der Waals surface area contributed by atoms with E-state index in [0.29, 0.717) is 25.6 Å². The van der Waals surface area contributed by atoms with Gasteiger partial charge in [0.1, 0.15) is 30.3 Å². The molecule has 0 saturated heterocycles. The fraction of sp³-hybridized carbons (Fsp3) is 0.238. The molecule has 2 aromatic heterocycles. The van der Waals surface area contributed by atoms with Gasteiger partial charge in [0, 0.05) is 18.0 Å². The highest BCUT2D eigenvalue weighted by atomic mass is 16.5. The van der Waals surface area contributed by atoms with Gasteiger partial charge in [0.25, 0.3) is 0 Å². The summed E-state index contributed by atoms with van der Waals surface area (Å²) in [6.45, 7) is 4.56. The number of aromatic nitrogens is 3. The van der Waals surface area contributed by atoms with Crippen LogP contribution in [0.5, 0.6) is 5.75 Å². The van der Waals surface area contributed by atoms with Crippen LogP contribution in [0, 0.1) is 6.92 Å². The number of nitrogen functional groups attached to an aromatic ring is 1. The molecule has 0 spiro atoms. The first-order valence-corrected chi connectivity index (χ1v) is 9.03. The number of anilines is 1. The topological polar surface area (TPSA) is 75.2 Å². The first kappa shape index (κ1) is 16.1. The maximum absolute atomic E-state index is 6.20. The Labute approximate surface area is 156 Å². The first-order chi connectivity index (χ1) is 13.2.